The molecule has 0 saturated heterocycles. The summed E-state index contributed by atoms with van der Waals surface area (Å²) in [6.07, 6.45) is 0. The van der Waals surface area contributed by atoms with Crippen LogP contribution >= 0.6 is 0 Å². The number of amides is 2. The number of aryl methyl sites for hydroxylation is 1. The second kappa shape index (κ2) is 9.43. The molecule has 7 heteroatoms. The highest BCUT2D eigenvalue weighted by Gasteiger charge is 2.15. The Morgan fingerprint density at radius 2 is 1.87 bits per heavy atom. The highest BCUT2D eigenvalue weighted by atomic mass is 16.5. The van der Waals surface area contributed by atoms with Crippen LogP contribution in [0.4, 0.5) is 5.69 Å². The number of para-hydroxylation sites is 1. The predicted octanol–water partition coefficient (Wildman–Crippen LogP) is 2.84. The summed E-state index contributed by atoms with van der Waals surface area (Å²) in [6.45, 7) is 1.65. The Balaban J connectivity index is 1.63. The second-order valence-electron chi connectivity index (χ2n) is 6.48. The SMILES string of the molecule is COc1ccccc1-c1cc(C(=O)NCC#Cc2ccc(NC(C)=O)cc2)n(C)n1. The number of anilines is 1. The van der Waals surface area contributed by atoms with Crippen LogP contribution < -0.4 is 15.4 Å². The van der Waals surface area contributed by atoms with Crippen molar-refractivity contribution in [2.75, 3.05) is 19.0 Å². The molecule has 0 saturated carbocycles. The average Bonchev–Trinajstić information content (AvgIpc) is 3.13. The summed E-state index contributed by atoms with van der Waals surface area (Å²) in [6, 6.07) is 16.4. The average molecular weight is 402 g/mol. The molecule has 1 heterocycles. The Hall–Kier alpha value is -4.05. The van der Waals surface area contributed by atoms with Crippen LogP contribution in [0.2, 0.25) is 0 Å². The van der Waals surface area contributed by atoms with Crippen LogP contribution in [0.15, 0.2) is 54.6 Å². The van der Waals surface area contributed by atoms with E-state index in [1.54, 1.807) is 44.5 Å². The first-order chi connectivity index (χ1) is 14.5. The summed E-state index contributed by atoms with van der Waals surface area (Å²) in [5.41, 5.74) is 3.40. The van der Waals surface area contributed by atoms with E-state index in [0.29, 0.717) is 22.8 Å². The van der Waals surface area contributed by atoms with Gasteiger partial charge in [-0.15, -0.1) is 0 Å². The molecule has 2 aromatic carbocycles. The van der Waals surface area contributed by atoms with Crippen LogP contribution in [0.3, 0.4) is 0 Å². The monoisotopic (exact) mass is 402 g/mol. The first-order valence-corrected chi connectivity index (χ1v) is 9.30. The smallest absolute Gasteiger partial charge is 0.270 e. The standard InChI is InChI=1S/C23H22N4O3/c1-16(28)25-18-12-10-17(11-13-18)7-6-14-24-23(29)21-15-20(26-27(21)2)19-8-4-5-9-22(19)30-3/h4-5,8-13,15H,14H2,1-3H3,(H,24,29)(H,25,28). The van der Waals surface area contributed by atoms with Gasteiger partial charge in [0.1, 0.15) is 11.4 Å². The molecule has 152 valence electrons. The number of nitrogens with one attached hydrogen (secondary N) is 2. The van der Waals surface area contributed by atoms with Crippen molar-refractivity contribution in [2.45, 2.75) is 6.92 Å². The van der Waals surface area contributed by atoms with Crippen LogP contribution in [0.1, 0.15) is 23.0 Å². The molecule has 1 aromatic heterocycles. The first-order valence-electron chi connectivity index (χ1n) is 9.30. The number of hydrogen-bond donors (Lipinski definition) is 2. The number of aromatic nitrogens is 2. The summed E-state index contributed by atoms with van der Waals surface area (Å²) in [4.78, 5) is 23.5. The quantitative estimate of drug-likeness (QED) is 0.643. The predicted molar refractivity (Wildman–Crippen MR) is 115 cm³/mol. The second-order valence-corrected chi connectivity index (χ2v) is 6.48. The summed E-state index contributed by atoms with van der Waals surface area (Å²) < 4.78 is 6.90. The third kappa shape index (κ3) is 5.06. The van der Waals surface area contributed by atoms with Gasteiger partial charge in [-0.25, -0.2) is 0 Å². The van der Waals surface area contributed by atoms with Gasteiger partial charge in [-0.2, -0.15) is 5.10 Å². The van der Waals surface area contributed by atoms with Gasteiger partial charge in [0, 0.05) is 30.8 Å². The van der Waals surface area contributed by atoms with Gasteiger partial charge in [0.05, 0.1) is 19.3 Å². The molecule has 0 unspecified atom stereocenters. The lowest BCUT2D eigenvalue weighted by atomic mass is 10.1. The minimum atomic E-state index is -0.263. The van der Waals surface area contributed by atoms with Crippen LogP contribution in [0.5, 0.6) is 5.75 Å². The Kier molecular flexibility index (Phi) is 6.50. The van der Waals surface area contributed by atoms with Gasteiger partial charge in [0.15, 0.2) is 0 Å². The lowest BCUT2D eigenvalue weighted by molar-refractivity contribution is -0.114. The maximum atomic E-state index is 12.5. The Labute approximate surface area is 175 Å². The highest BCUT2D eigenvalue weighted by molar-refractivity contribution is 5.94. The molecular formula is C23H22N4O3. The fourth-order valence-corrected chi connectivity index (χ4v) is 2.87. The third-order valence-electron chi connectivity index (χ3n) is 4.27. The van der Waals surface area contributed by atoms with Crippen LogP contribution in [0.25, 0.3) is 11.3 Å². The van der Waals surface area contributed by atoms with E-state index in [1.165, 1.54) is 11.6 Å². The number of ether oxygens (including phenoxy) is 1. The maximum Gasteiger partial charge on any atom is 0.270 e. The van der Waals surface area contributed by atoms with Crippen molar-refractivity contribution in [3.63, 3.8) is 0 Å². The van der Waals surface area contributed by atoms with Crippen LogP contribution in [0, 0.1) is 11.8 Å². The first kappa shape index (κ1) is 20.7. The fourth-order valence-electron chi connectivity index (χ4n) is 2.87. The van der Waals surface area contributed by atoms with Crippen molar-refractivity contribution in [3.05, 3.63) is 65.9 Å². The molecular weight excluding hydrogens is 380 g/mol. The normalized spacial score (nSPS) is 9.97. The minimum absolute atomic E-state index is 0.124. The molecule has 2 amide bonds. The number of benzene rings is 2. The lowest BCUT2D eigenvalue weighted by Crippen LogP contribution is -2.25. The van der Waals surface area contributed by atoms with Crippen molar-refractivity contribution >= 4 is 17.5 Å². The summed E-state index contributed by atoms with van der Waals surface area (Å²) in [5, 5.41) is 9.90. The zero-order chi connectivity index (χ0) is 21.5. The van der Waals surface area contributed by atoms with E-state index >= 15 is 0 Å². The molecule has 0 aliphatic carbocycles. The summed E-state index contributed by atoms with van der Waals surface area (Å²) >= 11 is 0. The number of nitrogens with zero attached hydrogens (tertiary/aromatic N) is 2. The molecule has 2 N–H and O–H groups in total. The Morgan fingerprint density at radius 1 is 1.13 bits per heavy atom. The van der Waals surface area contributed by atoms with E-state index in [0.717, 1.165) is 11.1 Å². The molecule has 0 fully saturated rings. The molecule has 0 aliphatic heterocycles. The summed E-state index contributed by atoms with van der Waals surface area (Å²) in [7, 11) is 3.32. The molecule has 0 spiro atoms. The van der Waals surface area contributed by atoms with E-state index < -0.39 is 0 Å². The van der Waals surface area contributed by atoms with Crippen LogP contribution in [-0.4, -0.2) is 35.2 Å². The van der Waals surface area contributed by atoms with Gasteiger partial charge in [0.25, 0.3) is 5.91 Å². The molecule has 30 heavy (non-hydrogen) atoms. The Morgan fingerprint density at radius 3 is 2.57 bits per heavy atom. The molecule has 0 aliphatic rings. The number of rotatable bonds is 5. The van der Waals surface area contributed by atoms with Gasteiger partial charge in [-0.05, 0) is 42.5 Å². The molecule has 0 atom stereocenters. The molecule has 0 radical (unpaired) electrons. The fraction of sp³-hybridized carbons (Fsp3) is 0.174. The van der Waals surface area contributed by atoms with E-state index in [9.17, 15) is 9.59 Å². The van der Waals surface area contributed by atoms with E-state index in [1.807, 2.05) is 24.3 Å². The number of carbonyl (C=O) groups is 2. The van der Waals surface area contributed by atoms with Gasteiger partial charge in [0.2, 0.25) is 5.91 Å². The summed E-state index contributed by atoms with van der Waals surface area (Å²) in [5.74, 6) is 6.20. The number of hydrogen-bond acceptors (Lipinski definition) is 4. The van der Waals surface area contributed by atoms with Gasteiger partial charge >= 0.3 is 0 Å². The maximum absolute atomic E-state index is 12.5. The van der Waals surface area contributed by atoms with E-state index in [2.05, 4.69) is 27.6 Å². The van der Waals surface area contributed by atoms with Crippen LogP contribution in [-0.2, 0) is 11.8 Å². The topological polar surface area (TPSA) is 85.3 Å². The van der Waals surface area contributed by atoms with Crippen molar-refractivity contribution < 1.29 is 14.3 Å². The van der Waals surface area contributed by atoms with Gasteiger partial charge in [-0.1, -0.05) is 24.0 Å². The third-order valence-corrected chi connectivity index (χ3v) is 4.27. The number of carbonyl (C=O) groups excluding carboxylic acids is 2. The van der Waals surface area contributed by atoms with Crippen molar-refractivity contribution in [1.29, 1.82) is 0 Å². The Bertz CT molecular complexity index is 1120. The number of methoxy groups -OCH3 is 1. The van der Waals surface area contributed by atoms with E-state index in [-0.39, 0.29) is 18.4 Å². The molecule has 0 bridgehead atoms. The van der Waals surface area contributed by atoms with Crippen molar-refractivity contribution in [1.82, 2.24) is 15.1 Å². The largest absolute Gasteiger partial charge is 0.496 e. The van der Waals surface area contributed by atoms with E-state index in [4.69, 9.17) is 4.74 Å². The molecule has 3 rings (SSSR count). The zero-order valence-corrected chi connectivity index (χ0v) is 17.0. The zero-order valence-electron chi connectivity index (χ0n) is 17.0. The van der Waals surface area contributed by atoms with Gasteiger partial charge in [-0.3, -0.25) is 14.3 Å². The highest BCUT2D eigenvalue weighted by Crippen LogP contribution is 2.28. The minimum Gasteiger partial charge on any atom is -0.496 e. The van der Waals surface area contributed by atoms with Crippen molar-refractivity contribution in [3.8, 4) is 28.8 Å². The molecule has 3 aromatic rings. The van der Waals surface area contributed by atoms with Gasteiger partial charge < -0.3 is 15.4 Å². The lowest BCUT2D eigenvalue weighted by Gasteiger charge is -2.04. The van der Waals surface area contributed by atoms with Crippen molar-refractivity contribution in [2.24, 2.45) is 7.05 Å². The molecule has 7 nitrogen and oxygen atoms in total.